The predicted octanol–water partition coefficient (Wildman–Crippen LogP) is 4.39. The average Bonchev–Trinajstić information content (AvgIpc) is 2.22. The van der Waals surface area contributed by atoms with E-state index >= 15 is 0 Å². The van der Waals surface area contributed by atoms with E-state index in [1.807, 2.05) is 6.92 Å². The molecule has 0 aromatic carbocycles. The smallest absolute Gasteiger partial charge is 0.00464 e. The van der Waals surface area contributed by atoms with Gasteiger partial charge in [-0.3, -0.25) is 0 Å². The zero-order valence-corrected chi connectivity index (χ0v) is 11.5. The van der Waals surface area contributed by atoms with Crippen LogP contribution in [0.25, 0.3) is 0 Å². The standard InChI is InChI=1S/C6H13N.C5H10.C3H8/c1-6-2-4-7-5-3-6;1-3-5-4-2;1-3-2/h6-7H,2-5H2,1H3;3,5H,4H2,1-2H3;3H2,1-2H3/b;5-3+;. The maximum atomic E-state index is 3.32. The molecule has 0 saturated carbocycles. The summed E-state index contributed by atoms with van der Waals surface area (Å²) in [6.45, 7) is 13.2. The number of piperidine rings is 1. The Morgan fingerprint density at radius 3 is 1.73 bits per heavy atom. The summed E-state index contributed by atoms with van der Waals surface area (Å²) < 4.78 is 0. The van der Waals surface area contributed by atoms with Crippen LogP contribution in [-0.4, -0.2) is 13.1 Å². The van der Waals surface area contributed by atoms with Gasteiger partial charge in [-0.15, -0.1) is 0 Å². The monoisotopic (exact) mass is 213 g/mol. The Bertz CT molecular complexity index is 113. The second-order valence-corrected chi connectivity index (χ2v) is 4.12. The lowest BCUT2D eigenvalue weighted by Gasteiger charge is -2.17. The molecule has 0 unspecified atom stereocenters. The Hall–Kier alpha value is -0.300. The summed E-state index contributed by atoms with van der Waals surface area (Å²) in [5.41, 5.74) is 0. The van der Waals surface area contributed by atoms with Crippen molar-refractivity contribution in [2.24, 2.45) is 5.92 Å². The summed E-state index contributed by atoms with van der Waals surface area (Å²) in [6.07, 6.45) is 9.34. The van der Waals surface area contributed by atoms with Gasteiger partial charge in [0.25, 0.3) is 0 Å². The van der Waals surface area contributed by atoms with Crippen molar-refractivity contribution in [3.8, 4) is 0 Å². The van der Waals surface area contributed by atoms with Crippen molar-refractivity contribution < 1.29 is 0 Å². The van der Waals surface area contributed by atoms with Gasteiger partial charge < -0.3 is 5.32 Å². The van der Waals surface area contributed by atoms with Gasteiger partial charge >= 0.3 is 0 Å². The molecule has 1 fully saturated rings. The van der Waals surface area contributed by atoms with Crippen molar-refractivity contribution in [1.82, 2.24) is 5.32 Å². The maximum absolute atomic E-state index is 3.32. The second-order valence-electron chi connectivity index (χ2n) is 4.12. The number of nitrogens with one attached hydrogen (secondary N) is 1. The highest BCUT2D eigenvalue weighted by atomic mass is 14.9. The molecule has 1 N–H and O–H groups in total. The van der Waals surface area contributed by atoms with Gasteiger partial charge in [-0.1, -0.05) is 46.3 Å². The fraction of sp³-hybridized carbons (Fsp3) is 0.857. The summed E-state index contributed by atoms with van der Waals surface area (Å²) in [4.78, 5) is 0. The Kier molecular flexibility index (Phi) is 18.4. The fourth-order valence-corrected chi connectivity index (χ4v) is 1.20. The van der Waals surface area contributed by atoms with Crippen molar-refractivity contribution >= 4 is 0 Å². The van der Waals surface area contributed by atoms with Gasteiger partial charge in [0.15, 0.2) is 0 Å². The van der Waals surface area contributed by atoms with Crippen molar-refractivity contribution in [2.45, 2.75) is 60.3 Å². The van der Waals surface area contributed by atoms with Crippen molar-refractivity contribution in [2.75, 3.05) is 13.1 Å². The van der Waals surface area contributed by atoms with Gasteiger partial charge in [0, 0.05) is 0 Å². The molecule has 15 heavy (non-hydrogen) atoms. The summed E-state index contributed by atoms with van der Waals surface area (Å²) in [5, 5.41) is 3.32. The van der Waals surface area contributed by atoms with Gasteiger partial charge in [-0.2, -0.15) is 0 Å². The van der Waals surface area contributed by atoms with Gasteiger partial charge in [-0.05, 0) is 45.2 Å². The zero-order chi connectivity index (χ0) is 11.9. The van der Waals surface area contributed by atoms with Gasteiger partial charge in [-0.25, -0.2) is 0 Å². The molecule has 0 bridgehead atoms. The third-order valence-electron chi connectivity index (χ3n) is 2.10. The molecule has 0 radical (unpaired) electrons. The third kappa shape index (κ3) is 19.9. The highest BCUT2D eigenvalue weighted by Crippen LogP contribution is 2.08. The van der Waals surface area contributed by atoms with Crippen LogP contribution >= 0.6 is 0 Å². The van der Waals surface area contributed by atoms with Crippen LogP contribution in [0.4, 0.5) is 0 Å². The Balaban J connectivity index is 0. The van der Waals surface area contributed by atoms with Crippen molar-refractivity contribution in [3.63, 3.8) is 0 Å². The van der Waals surface area contributed by atoms with Crippen LogP contribution in [0.3, 0.4) is 0 Å². The molecule has 92 valence electrons. The zero-order valence-electron chi connectivity index (χ0n) is 11.5. The van der Waals surface area contributed by atoms with E-state index in [9.17, 15) is 0 Å². The first-order chi connectivity index (χ1) is 7.22. The summed E-state index contributed by atoms with van der Waals surface area (Å²) in [7, 11) is 0. The largest absolute Gasteiger partial charge is 0.317 e. The highest BCUT2D eigenvalue weighted by molar-refractivity contribution is 4.73. The maximum Gasteiger partial charge on any atom is -0.00464 e. The molecule has 0 atom stereocenters. The van der Waals surface area contributed by atoms with E-state index in [0.29, 0.717) is 0 Å². The number of hydrogen-bond donors (Lipinski definition) is 1. The molecule has 1 aliphatic rings. The Morgan fingerprint density at radius 2 is 1.60 bits per heavy atom. The van der Waals surface area contributed by atoms with Crippen LogP contribution in [0.15, 0.2) is 12.2 Å². The lowest BCUT2D eigenvalue weighted by atomic mass is 10.0. The quantitative estimate of drug-likeness (QED) is 0.637. The first-order valence-corrected chi connectivity index (χ1v) is 6.54. The van der Waals surface area contributed by atoms with E-state index in [1.165, 1.54) is 32.4 Å². The summed E-state index contributed by atoms with van der Waals surface area (Å²) >= 11 is 0. The molecule has 1 nitrogen and oxygen atoms in total. The van der Waals surface area contributed by atoms with Crippen LogP contribution in [0.1, 0.15) is 60.3 Å². The van der Waals surface area contributed by atoms with E-state index in [2.05, 4.69) is 45.2 Å². The van der Waals surface area contributed by atoms with Crippen molar-refractivity contribution in [1.29, 1.82) is 0 Å². The fourth-order valence-electron chi connectivity index (χ4n) is 1.20. The van der Waals surface area contributed by atoms with Gasteiger partial charge in [0.05, 0.1) is 0 Å². The lowest BCUT2D eigenvalue weighted by molar-refractivity contribution is 0.402. The molecule has 1 aliphatic heterocycles. The SMILES string of the molecule is C/C=C/CC.CC1CCNCC1.CCC. The van der Waals surface area contributed by atoms with Crippen LogP contribution in [0.2, 0.25) is 0 Å². The van der Waals surface area contributed by atoms with Crippen LogP contribution in [0.5, 0.6) is 0 Å². The van der Waals surface area contributed by atoms with Crippen LogP contribution in [0, 0.1) is 5.92 Å². The van der Waals surface area contributed by atoms with E-state index in [-0.39, 0.29) is 0 Å². The van der Waals surface area contributed by atoms with E-state index in [4.69, 9.17) is 0 Å². The topological polar surface area (TPSA) is 12.0 Å². The molecule has 0 spiro atoms. The van der Waals surface area contributed by atoms with E-state index in [1.54, 1.807) is 0 Å². The highest BCUT2D eigenvalue weighted by Gasteiger charge is 2.04. The minimum Gasteiger partial charge on any atom is -0.317 e. The molecule has 1 saturated heterocycles. The first kappa shape index (κ1) is 17.1. The third-order valence-corrected chi connectivity index (χ3v) is 2.10. The molecule has 0 aliphatic carbocycles. The summed E-state index contributed by atoms with van der Waals surface area (Å²) in [5.74, 6) is 0.973. The van der Waals surface area contributed by atoms with Crippen LogP contribution in [-0.2, 0) is 0 Å². The minimum atomic E-state index is 0.973. The normalized spacial score (nSPS) is 16.3. The molecular formula is C14H31N. The molecule has 0 aromatic heterocycles. The first-order valence-electron chi connectivity index (χ1n) is 6.54. The van der Waals surface area contributed by atoms with Crippen LogP contribution < -0.4 is 5.32 Å². The van der Waals surface area contributed by atoms with Gasteiger partial charge in [0.1, 0.15) is 0 Å². The number of allylic oxidation sites excluding steroid dienone is 2. The Morgan fingerprint density at radius 1 is 1.13 bits per heavy atom. The van der Waals surface area contributed by atoms with E-state index < -0.39 is 0 Å². The average molecular weight is 213 g/mol. The molecule has 0 amide bonds. The van der Waals surface area contributed by atoms with Gasteiger partial charge in [0.2, 0.25) is 0 Å². The molecule has 1 rings (SSSR count). The second kappa shape index (κ2) is 16.1. The molecule has 1 heterocycles. The molecule has 0 aromatic rings. The Labute approximate surface area is 97.3 Å². The number of rotatable bonds is 1. The predicted molar refractivity (Wildman–Crippen MR) is 72.3 cm³/mol. The summed E-state index contributed by atoms with van der Waals surface area (Å²) in [6, 6.07) is 0. The molecular weight excluding hydrogens is 182 g/mol. The van der Waals surface area contributed by atoms with E-state index in [0.717, 1.165) is 12.3 Å². The lowest BCUT2D eigenvalue weighted by Crippen LogP contribution is -2.26. The number of hydrogen-bond acceptors (Lipinski definition) is 1. The minimum absolute atomic E-state index is 0.973. The molecule has 1 heteroatoms. The van der Waals surface area contributed by atoms with Crippen molar-refractivity contribution in [3.05, 3.63) is 12.2 Å².